The van der Waals surface area contributed by atoms with E-state index in [0.717, 1.165) is 12.5 Å². The molecule has 0 N–H and O–H groups in total. The summed E-state index contributed by atoms with van der Waals surface area (Å²) >= 11 is 1.76. The molecule has 3 rings (SSSR count). The van der Waals surface area contributed by atoms with Crippen molar-refractivity contribution in [2.24, 2.45) is 5.92 Å². The van der Waals surface area contributed by atoms with Gasteiger partial charge in [0, 0.05) is 30.0 Å². The van der Waals surface area contributed by atoms with Crippen LogP contribution in [-0.2, 0) is 13.0 Å². The van der Waals surface area contributed by atoms with Crippen LogP contribution in [0.25, 0.3) is 0 Å². The van der Waals surface area contributed by atoms with Gasteiger partial charge in [-0.15, -0.1) is 11.3 Å². The van der Waals surface area contributed by atoms with Gasteiger partial charge in [-0.3, -0.25) is 14.9 Å². The first-order chi connectivity index (χ1) is 9.40. The van der Waals surface area contributed by atoms with Gasteiger partial charge in [-0.2, -0.15) is 0 Å². The van der Waals surface area contributed by atoms with Crippen molar-refractivity contribution in [3.05, 3.63) is 46.7 Å². The Morgan fingerprint density at radius 2 is 1.95 bits per heavy atom. The predicted molar refractivity (Wildman–Crippen MR) is 78.1 cm³/mol. The van der Waals surface area contributed by atoms with Crippen molar-refractivity contribution in [2.45, 2.75) is 25.8 Å². The Hall–Kier alpha value is -1.26. The van der Waals surface area contributed by atoms with Crippen molar-refractivity contribution < 1.29 is 0 Å². The number of aromatic nitrogens is 2. The van der Waals surface area contributed by atoms with E-state index in [2.05, 4.69) is 27.0 Å². The van der Waals surface area contributed by atoms with Gasteiger partial charge < -0.3 is 0 Å². The molecule has 19 heavy (non-hydrogen) atoms. The maximum absolute atomic E-state index is 4.14. The van der Waals surface area contributed by atoms with Crippen LogP contribution in [0, 0.1) is 5.92 Å². The van der Waals surface area contributed by atoms with Crippen molar-refractivity contribution in [3.63, 3.8) is 0 Å². The Kier molecular flexibility index (Phi) is 4.20. The van der Waals surface area contributed by atoms with E-state index in [1.807, 2.05) is 24.1 Å². The van der Waals surface area contributed by atoms with Crippen molar-refractivity contribution in [1.29, 1.82) is 0 Å². The second kappa shape index (κ2) is 6.26. The summed E-state index contributed by atoms with van der Waals surface area (Å²) in [5, 5.41) is 0. The largest absolute Gasteiger partial charge is 0.298 e. The van der Waals surface area contributed by atoms with Crippen molar-refractivity contribution in [3.8, 4) is 0 Å². The number of pyridine rings is 1. The number of rotatable bonds is 4. The van der Waals surface area contributed by atoms with Gasteiger partial charge in [0.05, 0.1) is 5.51 Å². The molecular formula is C15H19N3S. The molecule has 0 bridgehead atoms. The molecule has 3 heterocycles. The van der Waals surface area contributed by atoms with Gasteiger partial charge in [-0.1, -0.05) is 0 Å². The molecule has 0 unspecified atom stereocenters. The third-order valence-corrected chi connectivity index (χ3v) is 4.61. The molecule has 2 aromatic heterocycles. The number of hydrogen-bond acceptors (Lipinski definition) is 4. The molecule has 0 saturated carbocycles. The zero-order valence-electron chi connectivity index (χ0n) is 11.0. The summed E-state index contributed by atoms with van der Waals surface area (Å²) in [5.74, 6) is 0.833. The molecule has 1 aliphatic rings. The van der Waals surface area contributed by atoms with Crippen LogP contribution >= 0.6 is 11.3 Å². The number of piperidine rings is 1. The van der Waals surface area contributed by atoms with Gasteiger partial charge in [0.25, 0.3) is 0 Å². The number of thiazole rings is 1. The standard InChI is InChI=1S/C15H19N3S/c1-5-16-6-2-13(1)9-14-3-7-18(8-4-14)11-15-10-17-12-19-15/h1-2,5-6,10,12,14H,3-4,7-9,11H2. The molecule has 4 heteroatoms. The van der Waals surface area contributed by atoms with Crippen LogP contribution in [0.5, 0.6) is 0 Å². The Bertz CT molecular complexity index is 475. The SMILES string of the molecule is c1cc(CC2CCN(Cc3cncs3)CC2)ccn1. The van der Waals surface area contributed by atoms with Gasteiger partial charge in [0.1, 0.15) is 0 Å². The topological polar surface area (TPSA) is 29.0 Å². The Balaban J connectivity index is 1.47. The molecule has 0 spiro atoms. The van der Waals surface area contributed by atoms with Crippen LogP contribution in [0.3, 0.4) is 0 Å². The smallest absolute Gasteiger partial charge is 0.0794 e. The molecule has 0 aliphatic carbocycles. The molecule has 2 aromatic rings. The van der Waals surface area contributed by atoms with Gasteiger partial charge in [-0.05, 0) is 56.0 Å². The molecule has 0 atom stereocenters. The Morgan fingerprint density at radius 1 is 1.16 bits per heavy atom. The van der Waals surface area contributed by atoms with Gasteiger partial charge in [0.15, 0.2) is 0 Å². The number of nitrogens with zero attached hydrogens (tertiary/aromatic N) is 3. The molecule has 0 aromatic carbocycles. The lowest BCUT2D eigenvalue weighted by Gasteiger charge is -2.31. The average Bonchev–Trinajstić information content (AvgIpc) is 2.95. The summed E-state index contributed by atoms with van der Waals surface area (Å²) in [6.45, 7) is 3.51. The number of likely N-dealkylation sites (tertiary alicyclic amines) is 1. The van der Waals surface area contributed by atoms with Crippen molar-refractivity contribution in [1.82, 2.24) is 14.9 Å². The summed E-state index contributed by atoms with van der Waals surface area (Å²) in [6.07, 6.45) is 9.61. The zero-order valence-corrected chi connectivity index (χ0v) is 11.9. The van der Waals surface area contributed by atoms with E-state index in [-0.39, 0.29) is 0 Å². The minimum Gasteiger partial charge on any atom is -0.298 e. The lowest BCUT2D eigenvalue weighted by atomic mass is 9.90. The zero-order chi connectivity index (χ0) is 12.9. The first kappa shape index (κ1) is 12.8. The van der Waals surface area contributed by atoms with Gasteiger partial charge in [-0.25, -0.2) is 0 Å². The van der Waals surface area contributed by atoms with E-state index < -0.39 is 0 Å². The van der Waals surface area contributed by atoms with Gasteiger partial charge in [0.2, 0.25) is 0 Å². The summed E-state index contributed by atoms with van der Waals surface area (Å²) in [7, 11) is 0. The quantitative estimate of drug-likeness (QED) is 0.857. The van der Waals surface area contributed by atoms with Crippen molar-refractivity contribution in [2.75, 3.05) is 13.1 Å². The normalized spacial score (nSPS) is 17.7. The highest BCUT2D eigenvalue weighted by molar-refractivity contribution is 7.09. The average molecular weight is 273 g/mol. The van der Waals surface area contributed by atoms with E-state index in [9.17, 15) is 0 Å². The van der Waals surface area contributed by atoms with E-state index in [1.54, 1.807) is 11.3 Å². The van der Waals surface area contributed by atoms with Crippen molar-refractivity contribution >= 4 is 11.3 Å². The highest BCUT2D eigenvalue weighted by atomic mass is 32.1. The summed E-state index contributed by atoms with van der Waals surface area (Å²) in [4.78, 5) is 12.2. The van der Waals surface area contributed by atoms with E-state index >= 15 is 0 Å². The van der Waals surface area contributed by atoms with Crippen LogP contribution < -0.4 is 0 Å². The first-order valence-corrected chi connectivity index (χ1v) is 7.77. The predicted octanol–water partition coefficient (Wildman–Crippen LogP) is 2.99. The Labute approximate surface area is 118 Å². The monoisotopic (exact) mass is 273 g/mol. The van der Waals surface area contributed by atoms with E-state index in [0.29, 0.717) is 0 Å². The lowest BCUT2D eigenvalue weighted by Crippen LogP contribution is -2.33. The third kappa shape index (κ3) is 3.61. The lowest BCUT2D eigenvalue weighted by molar-refractivity contribution is 0.178. The summed E-state index contributed by atoms with van der Waals surface area (Å²) in [5.41, 5.74) is 3.35. The highest BCUT2D eigenvalue weighted by Gasteiger charge is 2.19. The number of hydrogen-bond donors (Lipinski definition) is 0. The van der Waals surface area contributed by atoms with Crippen LogP contribution in [0.1, 0.15) is 23.3 Å². The van der Waals surface area contributed by atoms with Crippen LogP contribution in [-0.4, -0.2) is 28.0 Å². The van der Waals surface area contributed by atoms with Crippen LogP contribution in [0.4, 0.5) is 0 Å². The summed E-state index contributed by atoms with van der Waals surface area (Å²) in [6, 6.07) is 4.29. The minimum absolute atomic E-state index is 0.833. The molecule has 1 fully saturated rings. The fraction of sp³-hybridized carbons (Fsp3) is 0.467. The highest BCUT2D eigenvalue weighted by Crippen LogP contribution is 2.23. The second-order valence-electron chi connectivity index (χ2n) is 5.25. The van der Waals surface area contributed by atoms with E-state index in [4.69, 9.17) is 0 Å². The molecule has 1 aliphatic heterocycles. The van der Waals surface area contributed by atoms with Crippen LogP contribution in [0.2, 0.25) is 0 Å². The summed E-state index contributed by atoms with van der Waals surface area (Å²) < 4.78 is 0. The maximum atomic E-state index is 4.14. The fourth-order valence-electron chi connectivity index (χ4n) is 2.74. The van der Waals surface area contributed by atoms with Gasteiger partial charge >= 0.3 is 0 Å². The maximum Gasteiger partial charge on any atom is 0.0794 e. The third-order valence-electron chi connectivity index (χ3n) is 3.84. The molecule has 0 amide bonds. The molecule has 1 saturated heterocycles. The second-order valence-corrected chi connectivity index (χ2v) is 6.22. The molecule has 100 valence electrons. The molecule has 3 nitrogen and oxygen atoms in total. The fourth-order valence-corrected chi connectivity index (χ4v) is 3.38. The minimum atomic E-state index is 0.833. The van der Waals surface area contributed by atoms with Crippen LogP contribution in [0.15, 0.2) is 36.2 Å². The first-order valence-electron chi connectivity index (χ1n) is 6.89. The Morgan fingerprint density at radius 3 is 2.63 bits per heavy atom. The molecule has 0 radical (unpaired) electrons. The van der Waals surface area contributed by atoms with E-state index in [1.165, 1.54) is 42.8 Å². The molecular weight excluding hydrogens is 254 g/mol.